The fourth-order valence-electron chi connectivity index (χ4n) is 3.44. The number of anilines is 2. The summed E-state index contributed by atoms with van der Waals surface area (Å²) in [5.74, 6) is -0.122. The van der Waals surface area contributed by atoms with Crippen molar-refractivity contribution in [2.24, 2.45) is 0 Å². The van der Waals surface area contributed by atoms with Crippen molar-refractivity contribution >= 4 is 22.9 Å². The lowest BCUT2D eigenvalue weighted by Crippen LogP contribution is -2.22. The molecule has 0 fully saturated rings. The molecule has 2 aromatic heterocycles. The third kappa shape index (κ3) is 3.68. The lowest BCUT2D eigenvalue weighted by atomic mass is 10.1. The number of imidazole rings is 1. The van der Waals surface area contributed by atoms with Crippen molar-refractivity contribution in [3.63, 3.8) is 0 Å². The minimum Gasteiger partial charge on any atom is -0.372 e. The number of nitrogens with one attached hydrogen (secondary N) is 1. The lowest BCUT2D eigenvalue weighted by Gasteiger charge is -2.22. The minimum atomic E-state index is -0.122. The average molecular weight is 364 g/mol. The molecule has 0 aliphatic rings. The molecule has 5 heteroatoms. The molecule has 27 heavy (non-hydrogen) atoms. The predicted molar refractivity (Wildman–Crippen MR) is 112 cm³/mol. The Morgan fingerprint density at radius 1 is 1.11 bits per heavy atom. The van der Waals surface area contributed by atoms with Crippen LogP contribution in [-0.4, -0.2) is 28.4 Å². The standard InChI is InChI=1S/C22H28N4O/c1-6-18-21(26-14-15(4)9-12-20(26)23-18)22(27)24-19-11-10-17(13-16(19)5)25(7-2)8-3/h9-14H,6-8H2,1-5H3,(H,24,27). The Bertz CT molecular complexity index is 970. The zero-order valence-corrected chi connectivity index (χ0v) is 16.8. The van der Waals surface area contributed by atoms with E-state index in [2.05, 4.69) is 41.2 Å². The van der Waals surface area contributed by atoms with Crippen LogP contribution in [0.15, 0.2) is 36.5 Å². The quantitative estimate of drug-likeness (QED) is 0.695. The molecule has 3 aromatic rings. The number of carbonyl (C=O) groups excluding carboxylic acids is 1. The van der Waals surface area contributed by atoms with Crippen LogP contribution >= 0.6 is 0 Å². The monoisotopic (exact) mass is 364 g/mol. The number of hydrogen-bond acceptors (Lipinski definition) is 3. The van der Waals surface area contributed by atoms with Crippen LogP contribution in [0.4, 0.5) is 11.4 Å². The molecule has 0 saturated carbocycles. The van der Waals surface area contributed by atoms with Crippen LogP contribution in [0, 0.1) is 13.8 Å². The van der Waals surface area contributed by atoms with E-state index in [0.717, 1.165) is 41.2 Å². The fourth-order valence-corrected chi connectivity index (χ4v) is 3.44. The maximum absolute atomic E-state index is 13.1. The van der Waals surface area contributed by atoms with Gasteiger partial charge in [0.2, 0.25) is 0 Å². The van der Waals surface area contributed by atoms with Gasteiger partial charge in [-0.3, -0.25) is 9.20 Å². The Labute approximate surface area is 161 Å². The van der Waals surface area contributed by atoms with Crippen molar-refractivity contribution in [1.82, 2.24) is 9.38 Å². The molecule has 1 N–H and O–H groups in total. The summed E-state index contributed by atoms with van der Waals surface area (Å²) in [4.78, 5) is 20.0. The van der Waals surface area contributed by atoms with E-state index in [4.69, 9.17) is 0 Å². The Kier molecular flexibility index (Phi) is 5.49. The first-order valence-electron chi connectivity index (χ1n) is 9.63. The summed E-state index contributed by atoms with van der Waals surface area (Å²) in [6, 6.07) is 10.1. The molecule has 0 aliphatic heterocycles. The zero-order valence-electron chi connectivity index (χ0n) is 16.8. The highest BCUT2D eigenvalue weighted by molar-refractivity contribution is 6.05. The van der Waals surface area contributed by atoms with E-state index >= 15 is 0 Å². The van der Waals surface area contributed by atoms with Crippen molar-refractivity contribution < 1.29 is 4.79 Å². The Morgan fingerprint density at radius 3 is 2.48 bits per heavy atom. The van der Waals surface area contributed by atoms with Gasteiger partial charge in [-0.2, -0.15) is 0 Å². The number of pyridine rings is 1. The molecule has 0 aliphatic carbocycles. The molecule has 142 valence electrons. The fraction of sp³-hybridized carbons (Fsp3) is 0.364. The highest BCUT2D eigenvalue weighted by atomic mass is 16.2. The molecule has 1 amide bonds. The van der Waals surface area contributed by atoms with Crippen LogP contribution in [0.5, 0.6) is 0 Å². The molecule has 5 nitrogen and oxygen atoms in total. The van der Waals surface area contributed by atoms with Crippen molar-refractivity contribution in [2.75, 3.05) is 23.3 Å². The van der Waals surface area contributed by atoms with Gasteiger partial charge in [0.25, 0.3) is 5.91 Å². The van der Waals surface area contributed by atoms with Gasteiger partial charge < -0.3 is 10.2 Å². The smallest absolute Gasteiger partial charge is 0.274 e. The molecule has 1 aromatic carbocycles. The number of aryl methyl sites for hydroxylation is 3. The third-order valence-electron chi connectivity index (χ3n) is 4.98. The summed E-state index contributed by atoms with van der Waals surface area (Å²) in [7, 11) is 0. The topological polar surface area (TPSA) is 49.6 Å². The Hall–Kier alpha value is -2.82. The SMILES string of the molecule is CCc1nc2ccc(C)cn2c1C(=O)Nc1ccc(N(CC)CC)cc1C. The highest BCUT2D eigenvalue weighted by Gasteiger charge is 2.19. The summed E-state index contributed by atoms with van der Waals surface area (Å²) < 4.78 is 1.89. The van der Waals surface area contributed by atoms with Crippen LogP contribution < -0.4 is 10.2 Å². The van der Waals surface area contributed by atoms with Crippen molar-refractivity contribution in [3.8, 4) is 0 Å². The summed E-state index contributed by atoms with van der Waals surface area (Å²) >= 11 is 0. The maximum atomic E-state index is 13.1. The van der Waals surface area contributed by atoms with E-state index < -0.39 is 0 Å². The van der Waals surface area contributed by atoms with E-state index in [0.29, 0.717) is 12.1 Å². The zero-order chi connectivity index (χ0) is 19.6. The van der Waals surface area contributed by atoms with Crippen LogP contribution in [0.3, 0.4) is 0 Å². The van der Waals surface area contributed by atoms with Crippen molar-refractivity contribution in [2.45, 2.75) is 41.0 Å². The Balaban J connectivity index is 1.94. The summed E-state index contributed by atoms with van der Waals surface area (Å²) in [5, 5.41) is 3.08. The molecule has 0 bridgehead atoms. The van der Waals surface area contributed by atoms with Crippen LogP contribution in [0.1, 0.15) is 48.1 Å². The van der Waals surface area contributed by atoms with Gasteiger partial charge >= 0.3 is 0 Å². The van der Waals surface area contributed by atoms with Gasteiger partial charge in [-0.15, -0.1) is 0 Å². The number of fused-ring (bicyclic) bond motifs is 1. The molecule has 0 unspecified atom stereocenters. The molecule has 0 radical (unpaired) electrons. The number of aromatic nitrogens is 2. The number of benzene rings is 1. The van der Waals surface area contributed by atoms with Gasteiger partial charge in [0.1, 0.15) is 11.3 Å². The van der Waals surface area contributed by atoms with E-state index in [-0.39, 0.29) is 5.91 Å². The maximum Gasteiger partial charge on any atom is 0.274 e. The summed E-state index contributed by atoms with van der Waals surface area (Å²) in [6.07, 6.45) is 2.68. The molecular formula is C22H28N4O. The lowest BCUT2D eigenvalue weighted by molar-refractivity contribution is 0.102. The van der Waals surface area contributed by atoms with E-state index in [9.17, 15) is 4.79 Å². The largest absolute Gasteiger partial charge is 0.372 e. The molecular weight excluding hydrogens is 336 g/mol. The first-order valence-corrected chi connectivity index (χ1v) is 9.63. The average Bonchev–Trinajstić information content (AvgIpc) is 3.02. The first-order chi connectivity index (χ1) is 13.0. The van der Waals surface area contributed by atoms with Gasteiger partial charge in [-0.1, -0.05) is 13.0 Å². The Morgan fingerprint density at radius 2 is 1.85 bits per heavy atom. The number of carbonyl (C=O) groups is 1. The van der Waals surface area contributed by atoms with Gasteiger partial charge in [0.05, 0.1) is 5.69 Å². The van der Waals surface area contributed by atoms with Crippen LogP contribution in [0.2, 0.25) is 0 Å². The number of amides is 1. The summed E-state index contributed by atoms with van der Waals surface area (Å²) in [6.45, 7) is 12.3. The number of hydrogen-bond donors (Lipinski definition) is 1. The molecule has 0 saturated heterocycles. The second kappa shape index (κ2) is 7.82. The van der Waals surface area contributed by atoms with E-state index in [1.807, 2.05) is 49.6 Å². The van der Waals surface area contributed by atoms with Crippen LogP contribution in [-0.2, 0) is 6.42 Å². The third-order valence-corrected chi connectivity index (χ3v) is 4.98. The van der Waals surface area contributed by atoms with Gasteiger partial charge in [-0.05, 0) is 69.5 Å². The molecule has 2 heterocycles. The summed E-state index contributed by atoms with van der Waals surface area (Å²) in [5.41, 5.74) is 6.39. The second-order valence-corrected chi connectivity index (χ2v) is 6.82. The normalized spacial score (nSPS) is 11.0. The van der Waals surface area contributed by atoms with Gasteiger partial charge in [-0.25, -0.2) is 4.98 Å². The van der Waals surface area contributed by atoms with E-state index in [1.165, 1.54) is 5.69 Å². The number of nitrogens with zero attached hydrogens (tertiary/aromatic N) is 3. The highest BCUT2D eigenvalue weighted by Crippen LogP contribution is 2.24. The molecule has 0 atom stereocenters. The predicted octanol–water partition coefficient (Wildman–Crippen LogP) is 4.61. The molecule has 0 spiro atoms. The van der Waals surface area contributed by atoms with E-state index in [1.54, 1.807) is 0 Å². The molecule has 3 rings (SSSR count). The van der Waals surface area contributed by atoms with Gasteiger partial charge in [0.15, 0.2) is 0 Å². The van der Waals surface area contributed by atoms with Crippen LogP contribution in [0.25, 0.3) is 5.65 Å². The minimum absolute atomic E-state index is 0.122. The number of rotatable bonds is 6. The van der Waals surface area contributed by atoms with Crippen molar-refractivity contribution in [1.29, 1.82) is 0 Å². The van der Waals surface area contributed by atoms with Gasteiger partial charge in [0, 0.05) is 30.7 Å². The first kappa shape index (κ1) is 19.0. The van der Waals surface area contributed by atoms with Crippen molar-refractivity contribution in [3.05, 3.63) is 59.0 Å². The second-order valence-electron chi connectivity index (χ2n) is 6.82.